The summed E-state index contributed by atoms with van der Waals surface area (Å²) in [6, 6.07) is 16.9. The molecule has 43 heavy (non-hydrogen) atoms. The van der Waals surface area contributed by atoms with Crippen LogP contribution in [0.3, 0.4) is 0 Å². The molecule has 4 atom stereocenters. The first kappa shape index (κ1) is 29.5. The summed E-state index contributed by atoms with van der Waals surface area (Å²) in [5.41, 5.74) is 5.52. The number of halogens is 1. The second-order valence-corrected chi connectivity index (χ2v) is 13.5. The van der Waals surface area contributed by atoms with Crippen LogP contribution in [0.2, 0.25) is 0 Å². The summed E-state index contributed by atoms with van der Waals surface area (Å²) in [5.74, 6) is 1.25. The lowest BCUT2D eigenvalue weighted by Crippen LogP contribution is -2.38. The van der Waals surface area contributed by atoms with Crippen LogP contribution in [-0.2, 0) is 16.0 Å². The topological polar surface area (TPSA) is 57.9 Å². The second-order valence-electron chi connectivity index (χ2n) is 13.5. The molecule has 3 nitrogen and oxygen atoms in total. The van der Waals surface area contributed by atoms with E-state index in [9.17, 15) is 19.2 Å². The number of ketones is 2. The molecule has 3 fully saturated rings. The van der Waals surface area contributed by atoms with E-state index in [-0.39, 0.29) is 28.9 Å². The maximum atomic E-state index is 14.5. The van der Waals surface area contributed by atoms with E-state index in [1.165, 1.54) is 12.5 Å². The summed E-state index contributed by atoms with van der Waals surface area (Å²) in [5, 5.41) is 9.77. The van der Waals surface area contributed by atoms with E-state index in [0.717, 1.165) is 92.1 Å². The van der Waals surface area contributed by atoms with E-state index >= 15 is 0 Å². The number of hydrogen-bond acceptors (Lipinski definition) is 3. The van der Waals surface area contributed by atoms with Crippen LogP contribution in [-0.4, -0.2) is 11.6 Å². The molecule has 0 heterocycles. The Bertz CT molecular complexity index is 1530. The number of hydrogen-bond donors (Lipinski definition) is 0. The molecule has 0 spiro atoms. The van der Waals surface area contributed by atoms with E-state index in [0.29, 0.717) is 29.6 Å². The molecule has 6 rings (SSSR count). The van der Waals surface area contributed by atoms with Gasteiger partial charge >= 0.3 is 0 Å². The average molecular weight is 576 g/mol. The Morgan fingerprint density at radius 3 is 2.47 bits per heavy atom. The zero-order valence-electron chi connectivity index (χ0n) is 25.3. The molecule has 0 radical (unpaired) electrons. The molecule has 3 saturated carbocycles. The van der Waals surface area contributed by atoms with Gasteiger partial charge in [-0.3, -0.25) is 9.59 Å². The van der Waals surface area contributed by atoms with E-state index in [4.69, 9.17) is 0 Å². The second kappa shape index (κ2) is 12.6. The number of carbonyl (C=O) groups excluding carboxylic acids is 2. The summed E-state index contributed by atoms with van der Waals surface area (Å²) in [4.78, 5) is 26.9. The molecule has 4 aliphatic carbocycles. The highest BCUT2D eigenvalue weighted by atomic mass is 19.1. The molecule has 0 aromatic heterocycles. The van der Waals surface area contributed by atoms with Gasteiger partial charge in [0.05, 0.1) is 11.6 Å². The van der Waals surface area contributed by atoms with Gasteiger partial charge in [-0.25, -0.2) is 4.39 Å². The Morgan fingerprint density at radius 1 is 0.953 bits per heavy atom. The Kier molecular flexibility index (Phi) is 8.62. The van der Waals surface area contributed by atoms with E-state index in [2.05, 4.69) is 18.2 Å². The molecule has 0 aliphatic heterocycles. The number of nitriles is 1. The van der Waals surface area contributed by atoms with Gasteiger partial charge in [0.15, 0.2) is 5.78 Å². The van der Waals surface area contributed by atoms with Crippen molar-refractivity contribution in [2.75, 3.05) is 0 Å². The van der Waals surface area contributed by atoms with Gasteiger partial charge in [0.1, 0.15) is 11.6 Å². The normalized spacial score (nSPS) is 26.1. The van der Waals surface area contributed by atoms with Crippen molar-refractivity contribution in [1.82, 2.24) is 0 Å². The summed E-state index contributed by atoms with van der Waals surface area (Å²) < 4.78 is 13.9. The molecule has 2 aromatic carbocycles. The van der Waals surface area contributed by atoms with Crippen molar-refractivity contribution in [2.24, 2.45) is 29.1 Å². The summed E-state index contributed by atoms with van der Waals surface area (Å²) in [7, 11) is 0. The molecule has 4 heteroatoms. The maximum Gasteiger partial charge on any atom is 0.166 e. The van der Waals surface area contributed by atoms with Crippen molar-refractivity contribution >= 4 is 17.1 Å². The molecular formula is C39H42FNO2. The molecule has 222 valence electrons. The third-order valence-electron chi connectivity index (χ3n) is 10.9. The predicted molar refractivity (Wildman–Crippen MR) is 168 cm³/mol. The molecule has 0 bridgehead atoms. The first-order valence-corrected chi connectivity index (χ1v) is 16.3. The van der Waals surface area contributed by atoms with Crippen molar-refractivity contribution in [3.05, 3.63) is 100 Å². The van der Waals surface area contributed by atoms with E-state index in [1.54, 1.807) is 19.1 Å². The number of benzene rings is 2. The number of Topliss-reactive ketones (excluding diaryl/α,β-unsaturated/α-hetero) is 2. The Labute approximate surface area is 255 Å². The van der Waals surface area contributed by atoms with Crippen LogP contribution in [0.5, 0.6) is 0 Å². The fourth-order valence-corrected chi connectivity index (χ4v) is 8.13. The van der Waals surface area contributed by atoms with Crippen LogP contribution < -0.4 is 0 Å². The monoisotopic (exact) mass is 575 g/mol. The molecule has 0 amide bonds. The quantitative estimate of drug-likeness (QED) is 0.284. The van der Waals surface area contributed by atoms with Crippen molar-refractivity contribution in [3.8, 4) is 6.07 Å². The van der Waals surface area contributed by atoms with Gasteiger partial charge in [-0.05, 0) is 129 Å². The number of rotatable bonds is 10. The SMILES string of the molecule is CC(=O)C1CCCCC1CC1CCC1C(=O)C1=CC=C(c2ccccc2C#N)CC=C1C1(CCc2cccc(F)c2)CC1. The van der Waals surface area contributed by atoms with Crippen LogP contribution in [0, 0.1) is 46.2 Å². The fraction of sp³-hybridized carbons (Fsp3) is 0.462. The Morgan fingerprint density at radius 2 is 1.74 bits per heavy atom. The fourth-order valence-electron chi connectivity index (χ4n) is 8.13. The number of nitrogens with zero attached hydrogens (tertiary/aromatic N) is 1. The lowest BCUT2D eigenvalue weighted by molar-refractivity contribution is -0.126. The van der Waals surface area contributed by atoms with Gasteiger partial charge in [-0.1, -0.05) is 61.4 Å². The highest BCUT2D eigenvalue weighted by Gasteiger charge is 2.49. The van der Waals surface area contributed by atoms with E-state index < -0.39 is 0 Å². The molecule has 0 saturated heterocycles. The first-order chi connectivity index (χ1) is 20.9. The van der Waals surface area contributed by atoms with Gasteiger partial charge in [-0.2, -0.15) is 5.26 Å². The van der Waals surface area contributed by atoms with Crippen LogP contribution in [0.1, 0.15) is 94.2 Å². The number of allylic oxidation sites excluding steroid dienone is 6. The van der Waals surface area contributed by atoms with Gasteiger partial charge in [0.25, 0.3) is 0 Å². The van der Waals surface area contributed by atoms with Crippen LogP contribution in [0.25, 0.3) is 5.57 Å². The number of carbonyl (C=O) groups is 2. The average Bonchev–Trinajstić information content (AvgIpc) is 3.82. The van der Waals surface area contributed by atoms with Crippen LogP contribution in [0.15, 0.2) is 77.9 Å². The first-order valence-electron chi connectivity index (χ1n) is 16.3. The van der Waals surface area contributed by atoms with Gasteiger partial charge in [0, 0.05) is 17.4 Å². The Hall–Kier alpha value is -3.58. The lowest BCUT2D eigenvalue weighted by atomic mass is 9.62. The van der Waals surface area contributed by atoms with E-state index in [1.807, 2.05) is 36.4 Å². The largest absolute Gasteiger partial charge is 0.300 e. The molecule has 0 N–H and O–H groups in total. The maximum absolute atomic E-state index is 14.5. The molecule has 2 aromatic rings. The van der Waals surface area contributed by atoms with Gasteiger partial charge in [-0.15, -0.1) is 0 Å². The molecule has 4 unspecified atom stereocenters. The summed E-state index contributed by atoms with van der Waals surface area (Å²) >= 11 is 0. The lowest BCUT2D eigenvalue weighted by Gasteiger charge is -2.41. The molecular weight excluding hydrogens is 533 g/mol. The smallest absolute Gasteiger partial charge is 0.166 e. The minimum absolute atomic E-state index is 0.00421. The predicted octanol–water partition coefficient (Wildman–Crippen LogP) is 9.13. The van der Waals surface area contributed by atoms with Crippen molar-refractivity contribution in [1.29, 1.82) is 5.26 Å². The van der Waals surface area contributed by atoms with Crippen molar-refractivity contribution in [2.45, 2.75) is 84.0 Å². The standard InChI is InChI=1S/C39H42FNO2/c1-26(42)33-11-4-2-8-29(33)24-30-14-16-35(30)38(43)36-17-13-28(34-12-5-3-9-31(34)25-41)15-18-37(36)39(21-22-39)20-19-27-7-6-10-32(40)23-27/h3,5-7,9-10,12-13,17-18,23,29-30,33,35H,2,4,8,11,14-16,19-22,24H2,1H3. The minimum Gasteiger partial charge on any atom is -0.300 e. The summed E-state index contributed by atoms with van der Waals surface area (Å²) in [6.07, 6.45) is 18.1. The zero-order valence-corrected chi connectivity index (χ0v) is 25.3. The number of aryl methyl sites for hydroxylation is 1. The molecule has 4 aliphatic rings. The summed E-state index contributed by atoms with van der Waals surface area (Å²) in [6.45, 7) is 1.74. The minimum atomic E-state index is -0.210. The van der Waals surface area contributed by atoms with Crippen molar-refractivity contribution < 1.29 is 14.0 Å². The highest BCUT2D eigenvalue weighted by molar-refractivity contribution is 6.03. The highest BCUT2D eigenvalue weighted by Crippen LogP contribution is 2.59. The van der Waals surface area contributed by atoms with Gasteiger partial charge in [0.2, 0.25) is 0 Å². The van der Waals surface area contributed by atoms with Crippen molar-refractivity contribution in [3.63, 3.8) is 0 Å². The van der Waals surface area contributed by atoms with Crippen LogP contribution >= 0.6 is 0 Å². The Balaban J connectivity index is 1.28. The third-order valence-corrected chi connectivity index (χ3v) is 10.9. The van der Waals surface area contributed by atoms with Crippen LogP contribution in [0.4, 0.5) is 4.39 Å². The third kappa shape index (κ3) is 6.23. The van der Waals surface area contributed by atoms with Gasteiger partial charge < -0.3 is 0 Å². The zero-order chi connectivity index (χ0) is 30.0.